The molecule has 29 heavy (non-hydrogen) atoms. The van der Waals surface area contributed by atoms with Crippen molar-refractivity contribution in [3.63, 3.8) is 0 Å². The number of hydrogen-bond acceptors (Lipinski definition) is 3. The van der Waals surface area contributed by atoms with Crippen LogP contribution in [0, 0.1) is 6.92 Å². The second kappa shape index (κ2) is 9.41. The highest BCUT2D eigenvalue weighted by molar-refractivity contribution is 5.81. The Balaban J connectivity index is 0.00000240. The zero-order valence-corrected chi connectivity index (χ0v) is 17.0. The molecule has 1 aromatic carbocycles. The van der Waals surface area contributed by atoms with Gasteiger partial charge in [-0.05, 0) is 79.2 Å². The van der Waals surface area contributed by atoms with E-state index in [2.05, 4.69) is 59.5 Å². The van der Waals surface area contributed by atoms with Crippen LogP contribution < -0.4 is 5.32 Å². The molecule has 2 heterocycles. The minimum absolute atomic E-state index is 0. The van der Waals surface area contributed by atoms with Gasteiger partial charge in [0.25, 0.3) is 0 Å². The number of aromatic nitrogens is 1. The summed E-state index contributed by atoms with van der Waals surface area (Å²) >= 11 is 0. The molecule has 1 N–H and O–H groups in total. The average molecular weight is 390 g/mol. The van der Waals surface area contributed by atoms with Crippen molar-refractivity contribution in [2.24, 2.45) is 0 Å². The van der Waals surface area contributed by atoms with Gasteiger partial charge in [-0.3, -0.25) is 9.88 Å². The van der Waals surface area contributed by atoms with E-state index in [9.17, 15) is 0 Å². The van der Waals surface area contributed by atoms with E-state index < -0.39 is 0 Å². The Kier molecular flexibility index (Phi) is 6.92. The number of benzene rings is 1. The molecule has 0 atom stereocenters. The van der Waals surface area contributed by atoms with E-state index in [-0.39, 0.29) is 7.43 Å². The fraction of sp³-hybridized carbons (Fsp3) is 0.423. The molecule has 1 aromatic heterocycles. The first-order chi connectivity index (χ1) is 13.6. The van der Waals surface area contributed by atoms with Gasteiger partial charge < -0.3 is 5.32 Å². The third kappa shape index (κ3) is 4.97. The van der Waals surface area contributed by atoms with E-state index in [1.54, 1.807) is 0 Å². The summed E-state index contributed by atoms with van der Waals surface area (Å²) in [7, 11) is 0. The molecule has 3 heteroatoms. The Morgan fingerprint density at radius 1 is 1.07 bits per heavy atom. The largest absolute Gasteiger partial charge is 0.382 e. The summed E-state index contributed by atoms with van der Waals surface area (Å²) in [6.45, 7) is 14.2. The Hall–Kier alpha value is -2.39. The van der Waals surface area contributed by atoms with Crippen molar-refractivity contribution in [3.05, 3.63) is 72.2 Å². The number of likely N-dealkylation sites (tertiary alicyclic amines) is 1. The first-order valence-corrected chi connectivity index (χ1v) is 10.5. The maximum absolute atomic E-state index is 4.49. The molecule has 0 bridgehead atoms. The Morgan fingerprint density at radius 2 is 1.83 bits per heavy atom. The van der Waals surface area contributed by atoms with E-state index in [1.165, 1.54) is 73.0 Å². The molecule has 2 aliphatic rings. The highest BCUT2D eigenvalue weighted by Crippen LogP contribution is 2.30. The minimum atomic E-state index is 0. The van der Waals surface area contributed by atoms with Crippen molar-refractivity contribution in [2.75, 3.05) is 13.1 Å². The van der Waals surface area contributed by atoms with Gasteiger partial charge in [-0.1, -0.05) is 45.6 Å². The number of aryl methyl sites for hydroxylation is 1. The van der Waals surface area contributed by atoms with E-state index >= 15 is 0 Å². The Bertz CT molecular complexity index is 873. The summed E-state index contributed by atoms with van der Waals surface area (Å²) in [5.41, 5.74) is 7.99. The van der Waals surface area contributed by atoms with Gasteiger partial charge in [-0.15, -0.1) is 0 Å². The zero-order chi connectivity index (χ0) is 19.5. The summed E-state index contributed by atoms with van der Waals surface area (Å²) in [5, 5.41) is 3.60. The first-order valence-electron chi connectivity index (χ1n) is 10.5. The van der Waals surface area contributed by atoms with Gasteiger partial charge in [0.15, 0.2) is 0 Å². The Morgan fingerprint density at radius 3 is 2.52 bits per heavy atom. The average Bonchev–Trinajstić information content (AvgIpc) is 3.18. The summed E-state index contributed by atoms with van der Waals surface area (Å²) in [6, 6.07) is 9.43. The highest BCUT2D eigenvalue weighted by atomic mass is 15.2. The number of nitrogens with one attached hydrogen (secondary N) is 1. The number of hydrogen-bond donors (Lipinski definition) is 1. The topological polar surface area (TPSA) is 28.2 Å². The molecule has 2 fully saturated rings. The van der Waals surface area contributed by atoms with Crippen LogP contribution in [0.3, 0.4) is 0 Å². The van der Waals surface area contributed by atoms with Crippen molar-refractivity contribution in [1.29, 1.82) is 0 Å². The van der Waals surface area contributed by atoms with Crippen LogP contribution in [-0.2, 0) is 6.54 Å². The fourth-order valence-corrected chi connectivity index (χ4v) is 4.22. The molecule has 0 amide bonds. The SMILES string of the molecule is C.C=C(NC1CCCC1)C(=C)c1cc(-c2cncc(CN3CCC3)c2)ccc1C. The molecular formula is C26H35N3. The van der Waals surface area contributed by atoms with E-state index in [0.29, 0.717) is 6.04 Å². The summed E-state index contributed by atoms with van der Waals surface area (Å²) in [5.74, 6) is 0. The monoisotopic (exact) mass is 389 g/mol. The van der Waals surface area contributed by atoms with E-state index in [4.69, 9.17) is 0 Å². The molecule has 0 unspecified atom stereocenters. The molecule has 4 rings (SSSR count). The minimum Gasteiger partial charge on any atom is -0.382 e. The molecule has 0 spiro atoms. The lowest BCUT2D eigenvalue weighted by atomic mass is 9.94. The van der Waals surface area contributed by atoms with Gasteiger partial charge in [0.2, 0.25) is 0 Å². The molecule has 1 saturated carbocycles. The molecule has 1 saturated heterocycles. The van der Waals surface area contributed by atoms with Crippen molar-refractivity contribution < 1.29 is 0 Å². The predicted molar refractivity (Wildman–Crippen MR) is 125 cm³/mol. The van der Waals surface area contributed by atoms with Crippen LogP contribution in [0.25, 0.3) is 16.7 Å². The van der Waals surface area contributed by atoms with Gasteiger partial charge in [0.05, 0.1) is 0 Å². The van der Waals surface area contributed by atoms with Gasteiger partial charge >= 0.3 is 0 Å². The van der Waals surface area contributed by atoms with Crippen LogP contribution in [0.5, 0.6) is 0 Å². The van der Waals surface area contributed by atoms with Crippen molar-refractivity contribution >= 4 is 5.57 Å². The van der Waals surface area contributed by atoms with Gasteiger partial charge in [0, 0.05) is 36.2 Å². The summed E-state index contributed by atoms with van der Waals surface area (Å²) < 4.78 is 0. The lowest BCUT2D eigenvalue weighted by Crippen LogP contribution is -2.36. The third-order valence-corrected chi connectivity index (χ3v) is 6.14. The zero-order valence-electron chi connectivity index (χ0n) is 17.0. The van der Waals surface area contributed by atoms with Crippen molar-refractivity contribution in [1.82, 2.24) is 15.2 Å². The van der Waals surface area contributed by atoms with Crippen molar-refractivity contribution in [3.8, 4) is 11.1 Å². The van der Waals surface area contributed by atoms with Crippen LogP contribution in [0.1, 0.15) is 56.2 Å². The molecule has 0 radical (unpaired) electrons. The van der Waals surface area contributed by atoms with E-state index in [0.717, 1.165) is 17.8 Å². The normalized spacial score (nSPS) is 16.7. The highest BCUT2D eigenvalue weighted by Gasteiger charge is 2.17. The van der Waals surface area contributed by atoms with Crippen LogP contribution >= 0.6 is 0 Å². The van der Waals surface area contributed by atoms with Crippen LogP contribution in [0.15, 0.2) is 55.5 Å². The number of nitrogens with zero attached hydrogens (tertiary/aromatic N) is 2. The second-order valence-corrected chi connectivity index (χ2v) is 8.32. The number of rotatable bonds is 7. The third-order valence-electron chi connectivity index (χ3n) is 6.14. The molecule has 1 aliphatic heterocycles. The smallest absolute Gasteiger partial charge is 0.0346 e. The standard InChI is InChI=1S/C25H31N3.CH4/c1-18-9-10-22(23-13-21(15-26-16-23)17-28-11-6-12-28)14-25(18)19(2)20(3)27-24-7-4-5-8-24;/h9-10,13-16,24,27H,2-8,11-12,17H2,1H3;1H4. The molecule has 2 aromatic rings. The van der Waals surface area contributed by atoms with Crippen LogP contribution in [0.4, 0.5) is 0 Å². The maximum atomic E-state index is 4.49. The lowest BCUT2D eigenvalue weighted by molar-refractivity contribution is 0.172. The first kappa shape index (κ1) is 21.3. The number of allylic oxidation sites excluding steroid dienone is 1. The van der Waals surface area contributed by atoms with Gasteiger partial charge in [-0.25, -0.2) is 0 Å². The van der Waals surface area contributed by atoms with Gasteiger partial charge in [-0.2, -0.15) is 0 Å². The fourth-order valence-electron chi connectivity index (χ4n) is 4.22. The summed E-state index contributed by atoms with van der Waals surface area (Å²) in [6.07, 6.45) is 10.4. The van der Waals surface area contributed by atoms with Gasteiger partial charge in [0.1, 0.15) is 0 Å². The molecule has 1 aliphatic carbocycles. The second-order valence-electron chi connectivity index (χ2n) is 8.32. The molecule has 154 valence electrons. The quantitative estimate of drug-likeness (QED) is 0.592. The van der Waals surface area contributed by atoms with Crippen LogP contribution in [-0.4, -0.2) is 29.0 Å². The predicted octanol–water partition coefficient (Wildman–Crippen LogP) is 5.96. The lowest BCUT2D eigenvalue weighted by Gasteiger charge is -2.30. The molecular weight excluding hydrogens is 354 g/mol. The van der Waals surface area contributed by atoms with E-state index in [1.807, 2.05) is 12.4 Å². The van der Waals surface area contributed by atoms with Crippen LogP contribution in [0.2, 0.25) is 0 Å². The molecule has 3 nitrogen and oxygen atoms in total. The Labute approximate surface area is 176 Å². The number of pyridine rings is 1. The summed E-state index contributed by atoms with van der Waals surface area (Å²) in [4.78, 5) is 6.95. The maximum Gasteiger partial charge on any atom is 0.0346 e. The van der Waals surface area contributed by atoms with Crippen molar-refractivity contribution in [2.45, 2.75) is 59.0 Å².